The van der Waals surface area contributed by atoms with Gasteiger partial charge in [-0.25, -0.2) is 0 Å². The zero-order valence-corrected chi connectivity index (χ0v) is 15.7. The van der Waals surface area contributed by atoms with Gasteiger partial charge in [-0.05, 0) is 43.5 Å². The Kier molecular flexibility index (Phi) is 5.25. The SMILES string of the molecule is COC1CCN(C(=O)[C@H]2CC(=O)N(c3ccc(Br)c(C)c3)C2)CC1. The predicted octanol–water partition coefficient (Wildman–Crippen LogP) is 2.75. The topological polar surface area (TPSA) is 49.9 Å². The molecule has 0 aliphatic carbocycles. The van der Waals surface area contributed by atoms with E-state index in [0.29, 0.717) is 13.0 Å². The summed E-state index contributed by atoms with van der Waals surface area (Å²) in [6.07, 6.45) is 2.30. The molecule has 0 saturated carbocycles. The summed E-state index contributed by atoms with van der Waals surface area (Å²) in [7, 11) is 1.72. The Labute approximate surface area is 151 Å². The lowest BCUT2D eigenvalue weighted by Crippen LogP contribution is -2.44. The van der Waals surface area contributed by atoms with Gasteiger partial charge in [-0.2, -0.15) is 0 Å². The van der Waals surface area contributed by atoms with Crippen molar-refractivity contribution < 1.29 is 14.3 Å². The van der Waals surface area contributed by atoms with E-state index in [0.717, 1.165) is 41.7 Å². The lowest BCUT2D eigenvalue weighted by atomic mass is 10.0. The first-order valence-corrected chi connectivity index (χ1v) is 9.17. The third-order valence-corrected chi connectivity index (χ3v) is 5.90. The first kappa shape index (κ1) is 17.4. The largest absolute Gasteiger partial charge is 0.381 e. The van der Waals surface area contributed by atoms with Gasteiger partial charge in [0.2, 0.25) is 11.8 Å². The van der Waals surface area contributed by atoms with E-state index in [4.69, 9.17) is 4.74 Å². The monoisotopic (exact) mass is 394 g/mol. The second-order valence-electron chi connectivity index (χ2n) is 6.60. The average molecular weight is 395 g/mol. The van der Waals surface area contributed by atoms with Crippen LogP contribution in [0.15, 0.2) is 22.7 Å². The van der Waals surface area contributed by atoms with Gasteiger partial charge >= 0.3 is 0 Å². The molecule has 5 nitrogen and oxygen atoms in total. The summed E-state index contributed by atoms with van der Waals surface area (Å²) in [6.45, 7) is 3.92. The number of carbonyl (C=O) groups excluding carboxylic acids is 2. The number of amides is 2. The molecule has 0 N–H and O–H groups in total. The number of aryl methyl sites for hydroxylation is 1. The molecule has 2 aliphatic heterocycles. The van der Waals surface area contributed by atoms with Crippen LogP contribution < -0.4 is 4.90 Å². The van der Waals surface area contributed by atoms with E-state index >= 15 is 0 Å². The van der Waals surface area contributed by atoms with Crippen molar-refractivity contribution in [3.05, 3.63) is 28.2 Å². The number of rotatable bonds is 3. The fourth-order valence-corrected chi connectivity index (χ4v) is 3.74. The van der Waals surface area contributed by atoms with E-state index in [1.807, 2.05) is 30.0 Å². The van der Waals surface area contributed by atoms with Gasteiger partial charge in [0.15, 0.2) is 0 Å². The standard InChI is InChI=1S/C18H23BrN2O3/c1-12-9-14(3-4-16(12)19)21-11-13(10-17(21)22)18(23)20-7-5-15(24-2)6-8-20/h3-4,9,13,15H,5-8,10-11H2,1-2H3/t13-/m0/s1. The maximum atomic E-state index is 12.7. The molecule has 2 fully saturated rings. The molecule has 0 radical (unpaired) electrons. The van der Waals surface area contributed by atoms with E-state index in [1.54, 1.807) is 12.0 Å². The molecule has 2 heterocycles. The fraction of sp³-hybridized carbons (Fsp3) is 0.556. The number of benzene rings is 1. The highest BCUT2D eigenvalue weighted by Gasteiger charge is 2.38. The second kappa shape index (κ2) is 7.23. The molecular weight excluding hydrogens is 372 g/mol. The molecule has 0 aromatic heterocycles. The fourth-order valence-electron chi connectivity index (χ4n) is 3.49. The van der Waals surface area contributed by atoms with E-state index < -0.39 is 0 Å². The number of anilines is 1. The van der Waals surface area contributed by atoms with E-state index in [1.165, 1.54) is 0 Å². The van der Waals surface area contributed by atoms with Crippen molar-refractivity contribution in [1.29, 1.82) is 0 Å². The zero-order chi connectivity index (χ0) is 17.3. The third-order valence-electron chi connectivity index (χ3n) is 5.01. The van der Waals surface area contributed by atoms with Crippen LogP contribution >= 0.6 is 15.9 Å². The highest BCUT2D eigenvalue weighted by atomic mass is 79.9. The minimum absolute atomic E-state index is 0.0295. The number of ether oxygens (including phenoxy) is 1. The number of piperidine rings is 1. The van der Waals surface area contributed by atoms with Crippen LogP contribution in [-0.2, 0) is 14.3 Å². The van der Waals surface area contributed by atoms with Gasteiger partial charge in [0, 0.05) is 43.3 Å². The number of methoxy groups -OCH3 is 1. The third kappa shape index (κ3) is 3.49. The minimum atomic E-state index is -0.236. The van der Waals surface area contributed by atoms with Crippen LogP contribution in [0.5, 0.6) is 0 Å². The van der Waals surface area contributed by atoms with Crippen molar-refractivity contribution in [3.63, 3.8) is 0 Å². The average Bonchev–Trinajstić information content (AvgIpc) is 2.98. The van der Waals surface area contributed by atoms with Crippen molar-refractivity contribution >= 4 is 33.4 Å². The Morgan fingerprint density at radius 2 is 2.00 bits per heavy atom. The quantitative estimate of drug-likeness (QED) is 0.791. The molecule has 2 saturated heterocycles. The highest BCUT2D eigenvalue weighted by molar-refractivity contribution is 9.10. The van der Waals surface area contributed by atoms with Gasteiger partial charge in [-0.1, -0.05) is 15.9 Å². The first-order valence-electron chi connectivity index (χ1n) is 8.37. The summed E-state index contributed by atoms with van der Waals surface area (Å²) in [5.41, 5.74) is 1.95. The minimum Gasteiger partial charge on any atom is -0.381 e. The molecule has 2 aliphatic rings. The maximum absolute atomic E-state index is 12.7. The number of nitrogens with zero attached hydrogens (tertiary/aromatic N) is 2. The first-order chi connectivity index (χ1) is 11.5. The van der Waals surface area contributed by atoms with Gasteiger partial charge in [0.05, 0.1) is 12.0 Å². The van der Waals surface area contributed by atoms with Crippen LogP contribution in [0.3, 0.4) is 0 Å². The molecule has 0 bridgehead atoms. The number of halogens is 1. The summed E-state index contributed by atoms with van der Waals surface area (Å²) in [5, 5.41) is 0. The normalized spacial score (nSPS) is 22.3. The van der Waals surface area contributed by atoms with Crippen molar-refractivity contribution in [2.24, 2.45) is 5.92 Å². The van der Waals surface area contributed by atoms with E-state index in [9.17, 15) is 9.59 Å². The highest BCUT2D eigenvalue weighted by Crippen LogP contribution is 2.30. The van der Waals surface area contributed by atoms with Crippen LogP contribution in [0.25, 0.3) is 0 Å². The number of carbonyl (C=O) groups is 2. The van der Waals surface area contributed by atoms with Gasteiger partial charge in [-0.3, -0.25) is 9.59 Å². The molecular formula is C18H23BrN2O3. The number of likely N-dealkylation sites (tertiary alicyclic amines) is 1. The smallest absolute Gasteiger partial charge is 0.228 e. The van der Waals surface area contributed by atoms with Crippen LogP contribution in [0.2, 0.25) is 0 Å². The summed E-state index contributed by atoms with van der Waals surface area (Å²) < 4.78 is 6.37. The van der Waals surface area contributed by atoms with Gasteiger partial charge in [0.1, 0.15) is 0 Å². The Bertz CT molecular complexity index is 641. The Balaban J connectivity index is 1.66. The summed E-state index contributed by atoms with van der Waals surface area (Å²) in [6, 6.07) is 5.85. The molecule has 130 valence electrons. The Hall–Kier alpha value is -1.40. The van der Waals surface area contributed by atoms with Crippen LogP contribution in [0.1, 0.15) is 24.8 Å². The molecule has 1 aromatic rings. The molecule has 6 heteroatoms. The van der Waals surface area contributed by atoms with Crippen molar-refractivity contribution in [2.45, 2.75) is 32.3 Å². The molecule has 1 aromatic carbocycles. The Morgan fingerprint density at radius 3 is 2.62 bits per heavy atom. The van der Waals surface area contributed by atoms with E-state index in [-0.39, 0.29) is 23.8 Å². The van der Waals surface area contributed by atoms with Crippen molar-refractivity contribution in [1.82, 2.24) is 4.90 Å². The van der Waals surface area contributed by atoms with Crippen molar-refractivity contribution in [3.8, 4) is 0 Å². The predicted molar refractivity (Wildman–Crippen MR) is 96.0 cm³/mol. The molecule has 2 amide bonds. The molecule has 0 spiro atoms. The Morgan fingerprint density at radius 1 is 1.29 bits per heavy atom. The second-order valence-corrected chi connectivity index (χ2v) is 7.45. The zero-order valence-electron chi connectivity index (χ0n) is 14.1. The maximum Gasteiger partial charge on any atom is 0.228 e. The summed E-state index contributed by atoms with van der Waals surface area (Å²) >= 11 is 3.48. The lowest BCUT2D eigenvalue weighted by molar-refractivity contribution is -0.138. The molecule has 24 heavy (non-hydrogen) atoms. The lowest BCUT2D eigenvalue weighted by Gasteiger charge is -2.32. The molecule has 3 rings (SSSR count). The summed E-state index contributed by atoms with van der Waals surface area (Å²) in [4.78, 5) is 28.8. The number of hydrogen-bond acceptors (Lipinski definition) is 3. The van der Waals surface area contributed by atoms with Crippen molar-refractivity contribution in [2.75, 3.05) is 31.6 Å². The van der Waals surface area contributed by atoms with Crippen LogP contribution in [0, 0.1) is 12.8 Å². The van der Waals surface area contributed by atoms with Crippen LogP contribution in [0.4, 0.5) is 5.69 Å². The number of hydrogen-bond donors (Lipinski definition) is 0. The molecule has 0 unspecified atom stereocenters. The molecule has 1 atom stereocenters. The van der Waals surface area contributed by atoms with Crippen LogP contribution in [-0.4, -0.2) is 49.6 Å². The van der Waals surface area contributed by atoms with Gasteiger partial charge in [0.25, 0.3) is 0 Å². The van der Waals surface area contributed by atoms with Gasteiger partial charge in [-0.15, -0.1) is 0 Å². The van der Waals surface area contributed by atoms with Gasteiger partial charge < -0.3 is 14.5 Å². The summed E-state index contributed by atoms with van der Waals surface area (Å²) in [5.74, 6) is -0.100. The van der Waals surface area contributed by atoms with E-state index in [2.05, 4.69) is 15.9 Å².